The third-order valence-corrected chi connectivity index (χ3v) is 8.64. The molecule has 0 radical (unpaired) electrons. The summed E-state index contributed by atoms with van der Waals surface area (Å²) in [7, 11) is 0. The second-order valence-electron chi connectivity index (χ2n) is 9.59. The van der Waals surface area contributed by atoms with E-state index < -0.39 is 11.7 Å². The van der Waals surface area contributed by atoms with E-state index in [1.807, 2.05) is 6.08 Å². The Labute approximate surface area is 155 Å². The van der Waals surface area contributed by atoms with Gasteiger partial charge in [0.15, 0.2) is 0 Å². The molecule has 7 unspecified atom stereocenters. The molecule has 0 amide bonds. The van der Waals surface area contributed by atoms with Gasteiger partial charge in [0.25, 0.3) is 0 Å². The van der Waals surface area contributed by atoms with Gasteiger partial charge in [-0.1, -0.05) is 13.0 Å². The Hall–Kier alpha value is -0.910. The second kappa shape index (κ2) is 6.05. The van der Waals surface area contributed by atoms with Crippen molar-refractivity contribution >= 4 is 5.97 Å². The number of hydrogen-bond donors (Lipinski definition) is 3. The van der Waals surface area contributed by atoms with Crippen molar-refractivity contribution in [2.24, 2.45) is 28.6 Å². The normalized spacial score (nSPS) is 49.8. The maximum Gasteiger partial charge on any atom is 0.302 e. The lowest BCUT2D eigenvalue weighted by atomic mass is 9.43. The van der Waals surface area contributed by atoms with Crippen LogP contribution in [-0.2, 0) is 9.53 Å². The van der Waals surface area contributed by atoms with Gasteiger partial charge in [-0.2, -0.15) is 0 Å². The van der Waals surface area contributed by atoms with E-state index in [1.54, 1.807) is 0 Å². The smallest absolute Gasteiger partial charge is 0.302 e. The molecule has 0 aromatic carbocycles. The van der Waals surface area contributed by atoms with E-state index in [4.69, 9.17) is 4.74 Å². The summed E-state index contributed by atoms with van der Waals surface area (Å²) in [6.45, 7) is 3.87. The van der Waals surface area contributed by atoms with Crippen LogP contribution in [0.5, 0.6) is 0 Å². The first-order chi connectivity index (χ1) is 12.2. The average molecular weight is 364 g/mol. The molecule has 0 aromatic rings. The number of aliphatic hydroxyl groups excluding tert-OH is 2. The zero-order chi connectivity index (χ0) is 18.7. The maximum absolute atomic E-state index is 11.3. The van der Waals surface area contributed by atoms with Crippen molar-refractivity contribution in [3.63, 3.8) is 0 Å². The SMILES string of the molecule is CC(=O)OCC1=CC(O)CC2(C)C1CCC1CC3CC12CCC3(O)CO. The topological polar surface area (TPSA) is 87.0 Å². The number of aliphatic hydroxyl groups is 3. The predicted octanol–water partition coefficient (Wildman–Crippen LogP) is 2.19. The number of fused-ring (bicyclic) bond motifs is 2. The standard InChI is InChI=1S/C21H32O5/c1-13(23)26-11-14-7-17(24)10-19(2)18(14)4-3-15-8-16-9-20(15,19)5-6-21(16,25)12-22/h7,15-18,22,24-25H,3-6,8-12H2,1-2H3. The van der Waals surface area contributed by atoms with Crippen LogP contribution in [0.15, 0.2) is 11.6 Å². The highest BCUT2D eigenvalue weighted by Crippen LogP contribution is 2.73. The molecule has 5 heteroatoms. The highest BCUT2D eigenvalue weighted by Gasteiger charge is 2.67. The van der Waals surface area contributed by atoms with Crippen molar-refractivity contribution < 1.29 is 24.9 Å². The summed E-state index contributed by atoms with van der Waals surface area (Å²) in [5, 5.41) is 31.2. The lowest BCUT2D eigenvalue weighted by Crippen LogP contribution is -2.57. The number of ether oxygens (including phenoxy) is 1. The lowest BCUT2D eigenvalue weighted by molar-refractivity contribution is -0.151. The van der Waals surface area contributed by atoms with Gasteiger partial charge in [0.05, 0.1) is 18.3 Å². The first-order valence-electron chi connectivity index (χ1n) is 10.1. The molecule has 0 heterocycles. The fourth-order valence-corrected chi connectivity index (χ4v) is 7.37. The molecule has 4 aliphatic carbocycles. The highest BCUT2D eigenvalue weighted by molar-refractivity contribution is 5.66. The van der Waals surface area contributed by atoms with Gasteiger partial charge in [-0.15, -0.1) is 0 Å². The molecule has 3 saturated carbocycles. The van der Waals surface area contributed by atoms with Crippen LogP contribution in [0.4, 0.5) is 0 Å². The van der Waals surface area contributed by atoms with Crippen LogP contribution in [-0.4, -0.2) is 46.2 Å². The molecule has 3 fully saturated rings. The fraction of sp³-hybridized carbons (Fsp3) is 0.857. The highest BCUT2D eigenvalue weighted by atomic mass is 16.5. The molecule has 4 aliphatic rings. The fourth-order valence-electron chi connectivity index (χ4n) is 7.37. The van der Waals surface area contributed by atoms with E-state index in [9.17, 15) is 20.1 Å². The Morgan fingerprint density at radius 1 is 1.27 bits per heavy atom. The minimum atomic E-state index is -0.932. The first kappa shape index (κ1) is 18.5. The summed E-state index contributed by atoms with van der Waals surface area (Å²) in [6.07, 6.45) is 7.78. The molecule has 3 N–H and O–H groups in total. The summed E-state index contributed by atoms with van der Waals surface area (Å²) >= 11 is 0. The summed E-state index contributed by atoms with van der Waals surface area (Å²) in [6, 6.07) is 0. The van der Waals surface area contributed by atoms with E-state index in [2.05, 4.69) is 6.92 Å². The first-order valence-corrected chi connectivity index (χ1v) is 10.1. The Kier molecular flexibility index (Phi) is 4.29. The van der Waals surface area contributed by atoms with Crippen molar-refractivity contribution in [3.8, 4) is 0 Å². The maximum atomic E-state index is 11.3. The molecule has 4 rings (SSSR count). The van der Waals surface area contributed by atoms with Crippen molar-refractivity contribution in [1.29, 1.82) is 0 Å². The summed E-state index contributed by atoms with van der Waals surface area (Å²) in [4.78, 5) is 11.3. The number of carbonyl (C=O) groups excluding carboxylic acids is 1. The minimum absolute atomic E-state index is 0.0505. The molecule has 2 bridgehead atoms. The third kappa shape index (κ3) is 2.43. The predicted molar refractivity (Wildman–Crippen MR) is 96.1 cm³/mol. The number of esters is 1. The zero-order valence-electron chi connectivity index (χ0n) is 15.9. The summed E-state index contributed by atoms with van der Waals surface area (Å²) in [5.41, 5.74) is 0.197. The molecule has 7 atom stereocenters. The van der Waals surface area contributed by atoms with Crippen LogP contribution in [0.2, 0.25) is 0 Å². The largest absolute Gasteiger partial charge is 0.461 e. The molecule has 0 saturated heterocycles. The lowest BCUT2D eigenvalue weighted by Gasteiger charge is -2.62. The molecule has 26 heavy (non-hydrogen) atoms. The molecular formula is C21H32O5. The van der Waals surface area contributed by atoms with Gasteiger partial charge in [0.1, 0.15) is 6.61 Å². The van der Waals surface area contributed by atoms with Gasteiger partial charge in [-0.25, -0.2) is 0 Å². The van der Waals surface area contributed by atoms with Crippen LogP contribution in [0.25, 0.3) is 0 Å². The number of hydrogen-bond acceptors (Lipinski definition) is 5. The Balaban J connectivity index is 1.68. The molecule has 0 aromatic heterocycles. The van der Waals surface area contributed by atoms with Crippen molar-refractivity contribution in [1.82, 2.24) is 0 Å². The van der Waals surface area contributed by atoms with Crippen LogP contribution in [0.1, 0.15) is 58.8 Å². The van der Waals surface area contributed by atoms with E-state index >= 15 is 0 Å². The van der Waals surface area contributed by atoms with E-state index in [-0.39, 0.29) is 35.9 Å². The van der Waals surface area contributed by atoms with Gasteiger partial charge in [-0.05, 0) is 79.1 Å². The monoisotopic (exact) mass is 364 g/mol. The number of rotatable bonds is 3. The second-order valence-corrected chi connectivity index (χ2v) is 9.59. The van der Waals surface area contributed by atoms with E-state index in [0.29, 0.717) is 18.3 Å². The van der Waals surface area contributed by atoms with Crippen LogP contribution in [0.3, 0.4) is 0 Å². The van der Waals surface area contributed by atoms with E-state index in [1.165, 1.54) is 6.92 Å². The van der Waals surface area contributed by atoms with Crippen molar-refractivity contribution in [2.75, 3.05) is 13.2 Å². The molecule has 5 nitrogen and oxygen atoms in total. The Morgan fingerprint density at radius 3 is 2.73 bits per heavy atom. The van der Waals surface area contributed by atoms with Gasteiger partial charge in [0, 0.05) is 6.92 Å². The van der Waals surface area contributed by atoms with Gasteiger partial charge >= 0.3 is 5.97 Å². The molecule has 0 aliphatic heterocycles. The van der Waals surface area contributed by atoms with Gasteiger partial charge in [-0.3, -0.25) is 4.79 Å². The molecule has 146 valence electrons. The zero-order valence-corrected chi connectivity index (χ0v) is 15.9. The van der Waals surface area contributed by atoms with Gasteiger partial charge in [0.2, 0.25) is 0 Å². The Morgan fingerprint density at radius 2 is 2.04 bits per heavy atom. The molecule has 1 spiro atoms. The summed E-state index contributed by atoms with van der Waals surface area (Å²) < 4.78 is 5.30. The van der Waals surface area contributed by atoms with Crippen molar-refractivity contribution in [3.05, 3.63) is 11.6 Å². The van der Waals surface area contributed by atoms with E-state index in [0.717, 1.165) is 44.1 Å². The average Bonchev–Trinajstić information content (AvgIpc) is 2.93. The number of carbonyl (C=O) groups is 1. The van der Waals surface area contributed by atoms with Crippen LogP contribution < -0.4 is 0 Å². The molecular weight excluding hydrogens is 332 g/mol. The van der Waals surface area contributed by atoms with Crippen LogP contribution >= 0.6 is 0 Å². The van der Waals surface area contributed by atoms with Crippen LogP contribution in [0, 0.1) is 28.6 Å². The minimum Gasteiger partial charge on any atom is -0.461 e. The quantitative estimate of drug-likeness (QED) is 0.528. The van der Waals surface area contributed by atoms with Gasteiger partial charge < -0.3 is 20.1 Å². The van der Waals surface area contributed by atoms with Crippen molar-refractivity contribution in [2.45, 2.75) is 70.5 Å². The summed E-state index contributed by atoms with van der Waals surface area (Å²) in [5.74, 6) is 0.739. The third-order valence-electron chi connectivity index (χ3n) is 8.64. The Bertz CT molecular complexity index is 630.